The lowest BCUT2D eigenvalue weighted by molar-refractivity contribution is 0.399. The van der Waals surface area contributed by atoms with Crippen molar-refractivity contribution < 1.29 is 15.3 Å². The van der Waals surface area contributed by atoms with E-state index in [1.807, 2.05) is 24.3 Å². The predicted octanol–water partition coefficient (Wildman–Crippen LogP) is 3.42. The number of aliphatic hydroxyl groups excluding tert-OH is 1. The second kappa shape index (κ2) is 6.96. The topological polar surface area (TPSA) is 60.7 Å². The molecule has 108 valence electrons. The lowest BCUT2D eigenvalue weighted by Gasteiger charge is -2.29. The Labute approximate surface area is 120 Å². The molecule has 2 rings (SSSR count). The van der Waals surface area contributed by atoms with E-state index in [0.29, 0.717) is 0 Å². The Hall–Kier alpha value is -2.00. The zero-order valence-electron chi connectivity index (χ0n) is 12.2. The van der Waals surface area contributed by atoms with Gasteiger partial charge in [0.25, 0.3) is 0 Å². The van der Waals surface area contributed by atoms with Crippen molar-refractivity contribution in [1.82, 2.24) is 0 Å². The molecule has 0 atom stereocenters. The zero-order valence-corrected chi connectivity index (χ0v) is 12.2. The molecule has 0 heterocycles. The smallest absolute Gasteiger partial charge is 0.115 e. The number of benzene rings is 2. The fourth-order valence-electron chi connectivity index (χ4n) is 2.23. The third-order valence-corrected chi connectivity index (χ3v) is 3.72. The van der Waals surface area contributed by atoms with E-state index in [9.17, 15) is 10.2 Å². The zero-order chi connectivity index (χ0) is 15.2. The van der Waals surface area contributed by atoms with Gasteiger partial charge < -0.3 is 15.3 Å². The van der Waals surface area contributed by atoms with Gasteiger partial charge in [0.05, 0.1) is 0 Å². The molecule has 0 aliphatic rings. The summed E-state index contributed by atoms with van der Waals surface area (Å²) < 4.78 is 0. The molecule has 0 saturated carbocycles. The molecule has 3 heteroatoms. The molecule has 0 amide bonds. The molecule has 2 aromatic carbocycles. The van der Waals surface area contributed by atoms with Crippen LogP contribution >= 0.6 is 0 Å². The van der Waals surface area contributed by atoms with E-state index in [-0.39, 0.29) is 16.9 Å². The summed E-state index contributed by atoms with van der Waals surface area (Å²) >= 11 is 0. The molecule has 0 aromatic heterocycles. The highest BCUT2D eigenvalue weighted by Crippen LogP contribution is 2.36. The Balaban J connectivity index is 0.000000956. The van der Waals surface area contributed by atoms with Crippen molar-refractivity contribution in [2.45, 2.75) is 25.7 Å². The number of phenols is 2. The first-order valence-corrected chi connectivity index (χ1v) is 6.60. The molecule has 0 aliphatic heterocycles. The van der Waals surface area contributed by atoms with Crippen LogP contribution in [0.2, 0.25) is 0 Å². The van der Waals surface area contributed by atoms with Crippen LogP contribution in [0.3, 0.4) is 0 Å². The van der Waals surface area contributed by atoms with E-state index >= 15 is 0 Å². The van der Waals surface area contributed by atoms with Crippen LogP contribution in [0, 0.1) is 0 Å². The number of hydrogen-bond acceptors (Lipinski definition) is 3. The Kier molecular flexibility index (Phi) is 5.59. The molecule has 0 radical (unpaired) electrons. The summed E-state index contributed by atoms with van der Waals surface area (Å²) in [7, 11) is 1.00. The van der Waals surface area contributed by atoms with Gasteiger partial charge in [-0.15, -0.1) is 0 Å². The summed E-state index contributed by atoms with van der Waals surface area (Å²) in [5.41, 5.74) is 2.21. The molecular formula is C17H22O3. The van der Waals surface area contributed by atoms with Crippen LogP contribution in [-0.2, 0) is 5.41 Å². The summed E-state index contributed by atoms with van der Waals surface area (Å²) in [6.07, 6.45) is 0.947. The second-order valence-electron chi connectivity index (χ2n) is 4.78. The minimum atomic E-state index is -0.110. The molecule has 0 spiro atoms. The Morgan fingerprint density at radius 3 is 1.30 bits per heavy atom. The summed E-state index contributed by atoms with van der Waals surface area (Å²) in [6.45, 7) is 4.31. The van der Waals surface area contributed by atoms with Crippen LogP contribution in [0.5, 0.6) is 11.5 Å². The number of rotatable bonds is 3. The number of phenolic OH excluding ortho intramolecular Hbond substituents is 2. The van der Waals surface area contributed by atoms with Gasteiger partial charge in [-0.1, -0.05) is 38.1 Å². The summed E-state index contributed by atoms with van der Waals surface area (Å²) in [6, 6.07) is 14.6. The van der Waals surface area contributed by atoms with E-state index in [1.54, 1.807) is 24.3 Å². The molecule has 2 aromatic rings. The molecule has 0 bridgehead atoms. The lowest BCUT2D eigenvalue weighted by Crippen LogP contribution is -2.22. The predicted molar refractivity (Wildman–Crippen MR) is 81.1 cm³/mol. The molecule has 3 nitrogen and oxygen atoms in total. The van der Waals surface area contributed by atoms with Crippen LogP contribution in [0.1, 0.15) is 31.4 Å². The van der Waals surface area contributed by atoms with Crippen molar-refractivity contribution in [3.8, 4) is 11.5 Å². The van der Waals surface area contributed by atoms with Gasteiger partial charge in [0.15, 0.2) is 0 Å². The first kappa shape index (κ1) is 16.1. The number of hydrogen-bond donors (Lipinski definition) is 3. The monoisotopic (exact) mass is 274 g/mol. The highest BCUT2D eigenvalue weighted by molar-refractivity contribution is 5.41. The standard InChI is InChI=1S/C16H18O2.CH4O/c1-3-16(2,12-4-8-14(17)9-5-12)13-6-10-15(18)11-7-13;1-2/h4-11,17-18H,3H2,1-2H3;2H,1H3. The fourth-order valence-corrected chi connectivity index (χ4v) is 2.23. The Bertz CT molecular complexity index is 469. The molecule has 0 aliphatic carbocycles. The highest BCUT2D eigenvalue weighted by atomic mass is 16.3. The fraction of sp³-hybridized carbons (Fsp3) is 0.294. The van der Waals surface area contributed by atoms with Crippen molar-refractivity contribution in [2.75, 3.05) is 7.11 Å². The van der Waals surface area contributed by atoms with Gasteiger partial charge in [0.2, 0.25) is 0 Å². The number of aromatic hydroxyl groups is 2. The van der Waals surface area contributed by atoms with Gasteiger partial charge in [-0.2, -0.15) is 0 Å². The van der Waals surface area contributed by atoms with Gasteiger partial charge in [0, 0.05) is 12.5 Å². The Morgan fingerprint density at radius 2 is 1.05 bits per heavy atom. The van der Waals surface area contributed by atoms with Gasteiger partial charge >= 0.3 is 0 Å². The second-order valence-corrected chi connectivity index (χ2v) is 4.78. The normalized spacial score (nSPS) is 10.6. The van der Waals surface area contributed by atoms with Crippen LogP contribution in [0.4, 0.5) is 0 Å². The molecular weight excluding hydrogens is 252 g/mol. The average molecular weight is 274 g/mol. The molecule has 20 heavy (non-hydrogen) atoms. The van der Waals surface area contributed by atoms with Crippen LogP contribution in [0.15, 0.2) is 48.5 Å². The van der Waals surface area contributed by atoms with Crippen molar-refractivity contribution in [3.05, 3.63) is 59.7 Å². The van der Waals surface area contributed by atoms with Crippen molar-refractivity contribution in [1.29, 1.82) is 0 Å². The summed E-state index contributed by atoms with van der Waals surface area (Å²) in [5.74, 6) is 0.561. The van der Waals surface area contributed by atoms with Crippen LogP contribution < -0.4 is 0 Å². The third-order valence-electron chi connectivity index (χ3n) is 3.72. The maximum absolute atomic E-state index is 9.37. The van der Waals surface area contributed by atoms with E-state index in [0.717, 1.165) is 24.7 Å². The summed E-state index contributed by atoms with van der Waals surface area (Å²) in [5, 5.41) is 25.7. The maximum Gasteiger partial charge on any atom is 0.115 e. The van der Waals surface area contributed by atoms with E-state index in [4.69, 9.17) is 5.11 Å². The first-order valence-electron chi connectivity index (χ1n) is 6.60. The summed E-state index contributed by atoms with van der Waals surface area (Å²) in [4.78, 5) is 0. The number of aliphatic hydroxyl groups is 1. The minimum Gasteiger partial charge on any atom is -0.508 e. The lowest BCUT2D eigenvalue weighted by atomic mass is 9.74. The Morgan fingerprint density at radius 1 is 0.750 bits per heavy atom. The average Bonchev–Trinajstić information content (AvgIpc) is 2.50. The molecule has 0 unspecified atom stereocenters. The van der Waals surface area contributed by atoms with Gasteiger partial charge in [-0.25, -0.2) is 0 Å². The minimum absolute atomic E-state index is 0.110. The van der Waals surface area contributed by atoms with Crippen LogP contribution in [-0.4, -0.2) is 22.4 Å². The first-order chi connectivity index (χ1) is 9.56. The molecule has 0 saturated heterocycles. The van der Waals surface area contributed by atoms with E-state index in [2.05, 4.69) is 13.8 Å². The van der Waals surface area contributed by atoms with Gasteiger partial charge in [-0.05, 0) is 41.8 Å². The maximum atomic E-state index is 9.37. The van der Waals surface area contributed by atoms with Gasteiger partial charge in [-0.3, -0.25) is 0 Å². The largest absolute Gasteiger partial charge is 0.508 e. The molecule has 0 fully saturated rings. The van der Waals surface area contributed by atoms with Crippen molar-refractivity contribution in [3.63, 3.8) is 0 Å². The van der Waals surface area contributed by atoms with Crippen molar-refractivity contribution >= 4 is 0 Å². The van der Waals surface area contributed by atoms with Crippen LogP contribution in [0.25, 0.3) is 0 Å². The van der Waals surface area contributed by atoms with E-state index in [1.165, 1.54) is 0 Å². The van der Waals surface area contributed by atoms with Gasteiger partial charge in [0.1, 0.15) is 11.5 Å². The highest BCUT2D eigenvalue weighted by Gasteiger charge is 2.26. The quantitative estimate of drug-likeness (QED) is 0.803. The third kappa shape index (κ3) is 3.31. The van der Waals surface area contributed by atoms with Crippen molar-refractivity contribution in [2.24, 2.45) is 0 Å². The molecule has 3 N–H and O–H groups in total. The SMILES string of the molecule is CCC(C)(c1ccc(O)cc1)c1ccc(O)cc1.CO. The van der Waals surface area contributed by atoms with E-state index < -0.39 is 0 Å².